The number of nitrogens with two attached hydrogens (primary N) is 1. The summed E-state index contributed by atoms with van der Waals surface area (Å²) in [7, 11) is 2.05. The number of piperazine rings is 1. The number of benzene rings is 3. The summed E-state index contributed by atoms with van der Waals surface area (Å²) in [6.45, 7) is 5.72. The maximum absolute atomic E-state index is 13.1. The van der Waals surface area contributed by atoms with Crippen LogP contribution < -0.4 is 30.3 Å². The number of nitrogens with one attached hydrogen (secondary N) is 1. The Bertz CT molecular complexity index is 2640. The van der Waals surface area contributed by atoms with Gasteiger partial charge >= 0.3 is 12.0 Å². The van der Waals surface area contributed by atoms with Gasteiger partial charge in [0.05, 0.1) is 81.0 Å². The van der Waals surface area contributed by atoms with E-state index in [-0.39, 0.29) is 67.8 Å². The van der Waals surface area contributed by atoms with Crippen LogP contribution in [0.3, 0.4) is 0 Å². The summed E-state index contributed by atoms with van der Waals surface area (Å²) < 4.78 is 29.8. The van der Waals surface area contributed by atoms with Gasteiger partial charge in [-0.25, -0.2) is 4.79 Å². The smallest absolute Gasteiger partial charge is 0.318 e. The number of anilines is 2. The number of aromatic nitrogens is 2. The molecule has 20 nitrogen and oxygen atoms in total. The molecule has 0 saturated carbocycles. The molecule has 6 amide bonds. The molecule has 3 saturated heterocycles. The molecule has 4 aromatic rings. The van der Waals surface area contributed by atoms with E-state index in [4.69, 9.17) is 39.4 Å². The first kappa shape index (κ1) is 47.2. The van der Waals surface area contributed by atoms with Gasteiger partial charge in [-0.2, -0.15) is 15.2 Å². The average Bonchev–Trinajstić information content (AvgIpc) is 3.83. The molecule has 6 heterocycles. The predicted molar refractivity (Wildman–Crippen MR) is 250 cm³/mol. The van der Waals surface area contributed by atoms with Crippen molar-refractivity contribution in [2.45, 2.75) is 62.9 Å². The van der Waals surface area contributed by atoms with Gasteiger partial charge in [-0.1, -0.05) is 36.4 Å². The minimum absolute atomic E-state index is 0.0124. The number of ether oxygens (including phenoxy) is 5. The van der Waals surface area contributed by atoms with Gasteiger partial charge in [-0.3, -0.25) is 34.3 Å². The summed E-state index contributed by atoms with van der Waals surface area (Å²) in [5.41, 5.74) is 9.12. The van der Waals surface area contributed by atoms with Gasteiger partial charge in [0.1, 0.15) is 30.8 Å². The van der Waals surface area contributed by atoms with Gasteiger partial charge in [-0.15, -0.1) is 0 Å². The van der Waals surface area contributed by atoms with E-state index in [0.717, 1.165) is 47.2 Å². The highest BCUT2D eigenvalue weighted by atomic mass is 16.6. The first-order valence-corrected chi connectivity index (χ1v) is 23.4. The number of likely N-dealkylation sites (N-methyl/N-ethyl adjacent to an activating group) is 1. The highest BCUT2D eigenvalue weighted by Gasteiger charge is 2.45. The first-order valence-electron chi connectivity index (χ1n) is 23.4. The van der Waals surface area contributed by atoms with Crippen molar-refractivity contribution >= 4 is 51.9 Å². The molecule has 1 aromatic heterocycles. The van der Waals surface area contributed by atoms with Crippen molar-refractivity contribution in [1.29, 1.82) is 5.26 Å². The summed E-state index contributed by atoms with van der Waals surface area (Å²) in [5.74, 6) is -1.10. The highest BCUT2D eigenvalue weighted by Crippen LogP contribution is 2.36. The Kier molecular flexibility index (Phi) is 14.5. The lowest BCUT2D eigenvalue weighted by atomic mass is 10.0. The number of primary amides is 1. The molecular formula is C49H56N10O10. The Morgan fingerprint density at radius 2 is 1.62 bits per heavy atom. The fourth-order valence-corrected chi connectivity index (χ4v) is 9.89. The van der Waals surface area contributed by atoms with E-state index >= 15 is 0 Å². The molecule has 0 bridgehead atoms. The van der Waals surface area contributed by atoms with Crippen molar-refractivity contribution < 1.29 is 47.7 Å². The van der Waals surface area contributed by atoms with Crippen molar-refractivity contribution in [3.63, 3.8) is 0 Å². The van der Waals surface area contributed by atoms with E-state index in [1.165, 1.54) is 22.9 Å². The topological polar surface area (TPSA) is 235 Å². The second kappa shape index (κ2) is 21.2. The summed E-state index contributed by atoms with van der Waals surface area (Å²) in [4.78, 5) is 81.4. The zero-order valence-corrected chi connectivity index (χ0v) is 38.5. The van der Waals surface area contributed by atoms with Crippen LogP contribution in [-0.4, -0.2) is 165 Å². The van der Waals surface area contributed by atoms with Crippen LogP contribution in [0.25, 0.3) is 10.8 Å². The SMILES string of the molecule is CN1C[C@H](OCCOCCOCCOc2ccc3c(c2)C(=O)N(C2CCC(=O)NC2=O)C3=O)C[C@H]1COc1nc2c(c(N3CCN(C(N)=O)[C@@H](CC#N)C3)n1)CCN(c1cccc3ccccc13)C2. The molecule has 69 heavy (non-hydrogen) atoms. The second-order valence-corrected chi connectivity index (χ2v) is 17.8. The lowest BCUT2D eigenvalue weighted by Gasteiger charge is -2.41. The van der Waals surface area contributed by atoms with Crippen LogP contribution in [0.15, 0.2) is 60.7 Å². The van der Waals surface area contributed by atoms with Crippen molar-refractivity contribution in [2.24, 2.45) is 5.73 Å². The normalized spacial score (nSPS) is 21.6. The largest absolute Gasteiger partial charge is 0.491 e. The van der Waals surface area contributed by atoms with Crippen LogP contribution in [0.4, 0.5) is 16.3 Å². The van der Waals surface area contributed by atoms with Crippen LogP contribution >= 0.6 is 0 Å². The quantitative estimate of drug-likeness (QED) is 0.108. The molecule has 4 atom stereocenters. The molecule has 3 N–H and O–H groups in total. The van der Waals surface area contributed by atoms with Crippen molar-refractivity contribution in [2.75, 3.05) is 95.8 Å². The molecule has 0 spiro atoms. The summed E-state index contributed by atoms with van der Waals surface area (Å²) in [6.07, 6.45) is 1.76. The number of carbonyl (C=O) groups is 5. The zero-order valence-electron chi connectivity index (χ0n) is 38.5. The van der Waals surface area contributed by atoms with Gasteiger partial charge < -0.3 is 44.1 Å². The van der Waals surface area contributed by atoms with E-state index in [1.54, 1.807) is 11.0 Å². The Balaban J connectivity index is 0.722. The molecular weight excluding hydrogens is 889 g/mol. The molecule has 1 unspecified atom stereocenters. The Labute approximate surface area is 399 Å². The predicted octanol–water partition coefficient (Wildman–Crippen LogP) is 2.66. The number of nitriles is 1. The third-order valence-electron chi connectivity index (χ3n) is 13.4. The number of fused-ring (bicyclic) bond motifs is 3. The minimum Gasteiger partial charge on any atom is -0.491 e. The average molecular weight is 945 g/mol. The fraction of sp³-hybridized carbons (Fsp3) is 0.469. The van der Waals surface area contributed by atoms with Gasteiger partial charge in [0, 0.05) is 61.8 Å². The van der Waals surface area contributed by atoms with Gasteiger partial charge in [0.15, 0.2) is 0 Å². The number of carbonyl (C=O) groups excluding carboxylic acids is 5. The fourth-order valence-electron chi connectivity index (χ4n) is 9.89. The monoisotopic (exact) mass is 944 g/mol. The summed E-state index contributed by atoms with van der Waals surface area (Å²) >= 11 is 0. The van der Waals surface area contributed by atoms with Gasteiger partial charge in [-0.05, 0) is 56.0 Å². The maximum Gasteiger partial charge on any atom is 0.318 e. The highest BCUT2D eigenvalue weighted by molar-refractivity contribution is 6.23. The standard InChI is InChI=1S/C49H56N10O10/c1-55-28-35(68-24-22-66-20-19-65-21-23-67-34-9-10-37-39(26-34)47(63)59(46(37)62)42-11-12-43(60)53-45(42)61)25-33(55)30-69-49-52-40-29-56(41-8-4-6-31-5-2-3-7-36(31)41)16-14-38(40)44(54-49)57-17-18-58(48(51)64)32(27-57)13-15-50/h2-10,26,32-33,35,42H,11-14,16-25,27-30H2,1H3,(H2,51,64)(H,53,60,61)/t32-,33-,35+,42?/m0/s1. The zero-order chi connectivity index (χ0) is 48.0. The number of imide groups is 2. The van der Waals surface area contributed by atoms with Gasteiger partial charge in [0.25, 0.3) is 11.8 Å². The number of hydrogen-bond acceptors (Lipinski definition) is 16. The lowest BCUT2D eigenvalue weighted by molar-refractivity contribution is -0.136. The van der Waals surface area contributed by atoms with E-state index in [9.17, 15) is 29.2 Å². The number of rotatable bonds is 18. The van der Waals surface area contributed by atoms with Crippen molar-refractivity contribution in [3.8, 4) is 17.8 Å². The number of urea groups is 1. The molecule has 5 aliphatic heterocycles. The van der Waals surface area contributed by atoms with E-state index in [2.05, 4.69) is 62.5 Å². The summed E-state index contributed by atoms with van der Waals surface area (Å²) in [5, 5.41) is 14.1. The Morgan fingerprint density at radius 1 is 0.841 bits per heavy atom. The van der Waals surface area contributed by atoms with Crippen LogP contribution in [0.2, 0.25) is 0 Å². The Morgan fingerprint density at radius 3 is 2.43 bits per heavy atom. The number of amides is 6. The number of nitrogens with zero attached hydrogens (tertiary/aromatic N) is 8. The lowest BCUT2D eigenvalue weighted by Crippen LogP contribution is -2.57. The summed E-state index contributed by atoms with van der Waals surface area (Å²) in [6, 6.07) is 19.9. The van der Waals surface area contributed by atoms with Crippen LogP contribution in [0.1, 0.15) is 57.7 Å². The van der Waals surface area contributed by atoms with Crippen molar-refractivity contribution in [3.05, 3.63) is 83.0 Å². The number of likely N-dealkylation sites (tertiary alicyclic amines) is 1. The third-order valence-corrected chi connectivity index (χ3v) is 13.4. The maximum atomic E-state index is 13.1. The third kappa shape index (κ3) is 10.4. The minimum atomic E-state index is -1.03. The molecule has 362 valence electrons. The Hall–Kier alpha value is -6.92. The van der Waals surface area contributed by atoms with E-state index < -0.39 is 35.7 Å². The van der Waals surface area contributed by atoms with Crippen LogP contribution in [-0.2, 0) is 36.8 Å². The molecule has 5 aliphatic rings. The molecule has 3 aromatic carbocycles. The molecule has 0 radical (unpaired) electrons. The van der Waals surface area contributed by atoms with E-state index in [0.29, 0.717) is 71.4 Å². The number of piperidine rings is 1. The van der Waals surface area contributed by atoms with Gasteiger partial charge in [0.2, 0.25) is 11.8 Å². The molecule has 0 aliphatic carbocycles. The van der Waals surface area contributed by atoms with Crippen LogP contribution in [0.5, 0.6) is 11.8 Å². The molecule has 20 heteroatoms. The number of hydrogen-bond donors (Lipinski definition) is 2. The van der Waals surface area contributed by atoms with Crippen molar-refractivity contribution in [1.82, 2.24) is 30.0 Å². The molecule has 3 fully saturated rings. The second-order valence-electron chi connectivity index (χ2n) is 17.8. The first-order chi connectivity index (χ1) is 33.6. The van der Waals surface area contributed by atoms with Crippen LogP contribution in [0, 0.1) is 11.3 Å². The molecule has 9 rings (SSSR count). The van der Waals surface area contributed by atoms with E-state index in [1.807, 2.05) is 13.1 Å².